The summed E-state index contributed by atoms with van der Waals surface area (Å²) in [5.41, 5.74) is -0.450. The lowest BCUT2D eigenvalue weighted by atomic mass is 9.83. The first kappa shape index (κ1) is 15.3. The summed E-state index contributed by atoms with van der Waals surface area (Å²) in [7, 11) is 0. The molecule has 0 heterocycles. The Morgan fingerprint density at radius 3 is 2.48 bits per heavy atom. The largest absolute Gasteiger partial charge is 0.478 e. The number of carbonyl (C=O) groups is 2. The van der Waals surface area contributed by atoms with Gasteiger partial charge in [0.05, 0.1) is 11.3 Å². The van der Waals surface area contributed by atoms with Crippen molar-refractivity contribution >= 4 is 17.7 Å². The number of carboxylic acids is 1. The number of urea groups is 1. The van der Waals surface area contributed by atoms with Crippen molar-refractivity contribution in [3.05, 3.63) is 29.6 Å². The first-order valence-corrected chi connectivity index (χ1v) is 7.02. The van der Waals surface area contributed by atoms with Crippen molar-refractivity contribution in [1.29, 1.82) is 0 Å². The van der Waals surface area contributed by atoms with Gasteiger partial charge in [0.15, 0.2) is 0 Å². The minimum absolute atomic E-state index is 0.0306. The van der Waals surface area contributed by atoms with Gasteiger partial charge in [-0.1, -0.05) is 19.3 Å². The van der Waals surface area contributed by atoms with Crippen LogP contribution in [0.1, 0.15) is 49.4 Å². The Kier molecular flexibility index (Phi) is 4.45. The number of hydrogen-bond donors (Lipinski definition) is 3. The van der Waals surface area contributed by atoms with Gasteiger partial charge in [0.2, 0.25) is 0 Å². The van der Waals surface area contributed by atoms with Crippen molar-refractivity contribution in [1.82, 2.24) is 5.32 Å². The Morgan fingerprint density at radius 2 is 1.90 bits per heavy atom. The Labute approximate surface area is 122 Å². The van der Waals surface area contributed by atoms with Crippen LogP contribution in [0, 0.1) is 5.82 Å². The molecule has 0 unspecified atom stereocenters. The first-order valence-electron chi connectivity index (χ1n) is 7.02. The second-order valence-electron chi connectivity index (χ2n) is 5.70. The maximum Gasteiger partial charge on any atom is 0.335 e. The maximum absolute atomic E-state index is 13.7. The van der Waals surface area contributed by atoms with Gasteiger partial charge in [-0.2, -0.15) is 0 Å². The monoisotopic (exact) mass is 294 g/mol. The van der Waals surface area contributed by atoms with Gasteiger partial charge in [0.1, 0.15) is 5.82 Å². The van der Waals surface area contributed by atoms with E-state index in [0.717, 1.165) is 31.7 Å². The molecular formula is C15H19FN2O3. The predicted molar refractivity (Wildman–Crippen MR) is 77.0 cm³/mol. The van der Waals surface area contributed by atoms with Gasteiger partial charge in [0.25, 0.3) is 0 Å². The van der Waals surface area contributed by atoms with Crippen molar-refractivity contribution in [3.8, 4) is 0 Å². The highest BCUT2D eigenvalue weighted by Crippen LogP contribution is 2.27. The second kappa shape index (κ2) is 6.11. The number of hydrogen-bond acceptors (Lipinski definition) is 2. The molecule has 0 radical (unpaired) electrons. The molecule has 0 aromatic heterocycles. The van der Waals surface area contributed by atoms with E-state index in [1.165, 1.54) is 18.6 Å². The fourth-order valence-corrected chi connectivity index (χ4v) is 2.63. The minimum Gasteiger partial charge on any atom is -0.478 e. The van der Waals surface area contributed by atoms with Crippen LogP contribution < -0.4 is 10.6 Å². The Hall–Kier alpha value is -2.11. The van der Waals surface area contributed by atoms with Gasteiger partial charge in [0, 0.05) is 5.54 Å². The topological polar surface area (TPSA) is 78.4 Å². The van der Waals surface area contributed by atoms with E-state index in [0.29, 0.717) is 0 Å². The maximum atomic E-state index is 13.7. The standard InChI is InChI=1S/C15H19FN2O3/c1-15(7-3-2-4-8-15)18-14(21)17-12-6-5-10(13(19)20)9-11(12)16/h5-6,9H,2-4,7-8H2,1H3,(H,19,20)(H2,17,18,21). The molecule has 6 heteroatoms. The van der Waals surface area contributed by atoms with Crippen molar-refractivity contribution in [2.45, 2.75) is 44.6 Å². The zero-order valence-electron chi connectivity index (χ0n) is 11.9. The summed E-state index contributed by atoms with van der Waals surface area (Å²) in [6.45, 7) is 1.98. The predicted octanol–water partition coefficient (Wildman–Crippen LogP) is 3.37. The number of nitrogens with one attached hydrogen (secondary N) is 2. The van der Waals surface area contributed by atoms with Crippen LogP contribution in [0.4, 0.5) is 14.9 Å². The molecule has 0 spiro atoms. The average Bonchev–Trinajstić information content (AvgIpc) is 2.41. The van der Waals surface area contributed by atoms with Crippen LogP contribution in [0.5, 0.6) is 0 Å². The number of aromatic carboxylic acids is 1. The summed E-state index contributed by atoms with van der Waals surface area (Å²) < 4.78 is 13.7. The van der Waals surface area contributed by atoms with Gasteiger partial charge in [-0.15, -0.1) is 0 Å². The Balaban J connectivity index is 2.01. The average molecular weight is 294 g/mol. The van der Waals surface area contributed by atoms with Crippen molar-refractivity contribution in [2.24, 2.45) is 0 Å². The lowest BCUT2D eigenvalue weighted by Gasteiger charge is -2.34. The van der Waals surface area contributed by atoms with Crippen molar-refractivity contribution in [3.63, 3.8) is 0 Å². The van der Waals surface area contributed by atoms with Gasteiger partial charge in [-0.3, -0.25) is 0 Å². The number of rotatable bonds is 3. The molecule has 1 aliphatic rings. The fourth-order valence-electron chi connectivity index (χ4n) is 2.63. The number of anilines is 1. The van der Waals surface area contributed by atoms with E-state index in [4.69, 9.17) is 5.11 Å². The van der Waals surface area contributed by atoms with Crippen LogP contribution in [0.3, 0.4) is 0 Å². The molecule has 1 aromatic carbocycles. The summed E-state index contributed by atoms with van der Waals surface area (Å²) in [5.74, 6) is -1.97. The lowest BCUT2D eigenvalue weighted by Crippen LogP contribution is -2.49. The van der Waals surface area contributed by atoms with Gasteiger partial charge >= 0.3 is 12.0 Å². The molecule has 1 fully saturated rings. The summed E-state index contributed by atoms with van der Waals surface area (Å²) >= 11 is 0. The van der Waals surface area contributed by atoms with E-state index in [9.17, 15) is 14.0 Å². The smallest absolute Gasteiger partial charge is 0.335 e. The van der Waals surface area contributed by atoms with Crippen molar-refractivity contribution < 1.29 is 19.1 Å². The number of carboxylic acid groups (broad SMARTS) is 1. The van der Waals surface area contributed by atoms with E-state index in [-0.39, 0.29) is 16.8 Å². The zero-order chi connectivity index (χ0) is 15.5. The van der Waals surface area contributed by atoms with E-state index in [2.05, 4.69) is 10.6 Å². The summed E-state index contributed by atoms with van der Waals surface area (Å²) in [6, 6.07) is 2.92. The van der Waals surface area contributed by atoms with E-state index < -0.39 is 17.8 Å². The molecule has 1 saturated carbocycles. The fraction of sp³-hybridized carbons (Fsp3) is 0.467. The quantitative estimate of drug-likeness (QED) is 0.799. The van der Waals surface area contributed by atoms with Gasteiger partial charge in [-0.05, 0) is 38.0 Å². The molecule has 1 aliphatic carbocycles. The van der Waals surface area contributed by atoms with Crippen LogP contribution in [0.15, 0.2) is 18.2 Å². The molecule has 0 atom stereocenters. The molecule has 1 aromatic rings. The highest BCUT2D eigenvalue weighted by Gasteiger charge is 2.28. The Morgan fingerprint density at radius 1 is 1.24 bits per heavy atom. The lowest BCUT2D eigenvalue weighted by molar-refractivity contribution is 0.0696. The molecule has 0 bridgehead atoms. The second-order valence-corrected chi connectivity index (χ2v) is 5.70. The molecule has 21 heavy (non-hydrogen) atoms. The van der Waals surface area contributed by atoms with Crippen LogP contribution in [-0.4, -0.2) is 22.6 Å². The van der Waals surface area contributed by atoms with E-state index in [1.807, 2.05) is 6.92 Å². The van der Waals surface area contributed by atoms with Crippen LogP contribution in [0.25, 0.3) is 0 Å². The van der Waals surface area contributed by atoms with Crippen LogP contribution in [-0.2, 0) is 0 Å². The Bertz CT molecular complexity index is 554. The summed E-state index contributed by atoms with van der Waals surface area (Å²) in [6.07, 6.45) is 5.11. The molecular weight excluding hydrogens is 275 g/mol. The molecule has 2 amide bonds. The van der Waals surface area contributed by atoms with E-state index >= 15 is 0 Å². The van der Waals surface area contributed by atoms with E-state index in [1.54, 1.807) is 0 Å². The van der Waals surface area contributed by atoms with Crippen LogP contribution in [0.2, 0.25) is 0 Å². The highest BCUT2D eigenvalue weighted by atomic mass is 19.1. The third-order valence-corrected chi connectivity index (χ3v) is 3.84. The minimum atomic E-state index is -1.21. The number of amides is 2. The van der Waals surface area contributed by atoms with Gasteiger partial charge < -0.3 is 15.7 Å². The number of benzene rings is 1. The third-order valence-electron chi connectivity index (χ3n) is 3.84. The third kappa shape index (κ3) is 3.93. The molecule has 2 rings (SSSR count). The molecule has 0 aliphatic heterocycles. The molecule has 114 valence electrons. The normalized spacial score (nSPS) is 17.0. The molecule has 3 N–H and O–H groups in total. The van der Waals surface area contributed by atoms with Crippen molar-refractivity contribution in [2.75, 3.05) is 5.32 Å². The summed E-state index contributed by atoms with van der Waals surface area (Å²) in [4.78, 5) is 22.7. The van der Waals surface area contributed by atoms with Crippen LogP contribution >= 0.6 is 0 Å². The highest BCUT2D eigenvalue weighted by molar-refractivity contribution is 5.92. The summed E-state index contributed by atoms with van der Waals surface area (Å²) in [5, 5.41) is 14.1. The number of carbonyl (C=O) groups excluding carboxylic acids is 1. The first-order chi connectivity index (χ1) is 9.89. The van der Waals surface area contributed by atoms with Gasteiger partial charge in [-0.25, -0.2) is 14.0 Å². The molecule has 5 nitrogen and oxygen atoms in total. The zero-order valence-corrected chi connectivity index (χ0v) is 11.9. The molecule has 0 saturated heterocycles. The number of halogens is 1. The SMILES string of the molecule is CC1(NC(=O)Nc2ccc(C(=O)O)cc2F)CCCCC1.